The summed E-state index contributed by atoms with van der Waals surface area (Å²) >= 11 is 6.36. The topological polar surface area (TPSA) is 103 Å². The first-order valence-electron chi connectivity index (χ1n) is 21.4. The Bertz CT molecular complexity index is 2330. The molecule has 1 fully saturated rings. The van der Waals surface area contributed by atoms with Gasteiger partial charge in [0.25, 0.3) is 0 Å². The van der Waals surface area contributed by atoms with Gasteiger partial charge >= 0.3 is 6.18 Å². The number of ether oxygens (including phenoxy) is 1. The fourth-order valence-corrected chi connectivity index (χ4v) is 9.67. The van der Waals surface area contributed by atoms with E-state index in [-0.39, 0.29) is 47.7 Å². The van der Waals surface area contributed by atoms with Crippen LogP contribution in [0, 0.1) is 5.41 Å². The molecular formula is C51H55ClF3NO6. The minimum Gasteiger partial charge on any atom is -0.453 e. The number of fused-ring (bicyclic) bond motifs is 8. The van der Waals surface area contributed by atoms with Crippen molar-refractivity contribution >= 4 is 17.4 Å². The predicted octanol–water partition coefficient (Wildman–Crippen LogP) is 11.0. The molecule has 11 heteroatoms. The molecule has 2 bridgehead atoms. The van der Waals surface area contributed by atoms with Crippen LogP contribution in [0.2, 0.25) is 5.02 Å². The first-order chi connectivity index (χ1) is 29.6. The molecule has 1 heterocycles. The molecule has 3 aliphatic rings. The van der Waals surface area contributed by atoms with Gasteiger partial charge in [0.1, 0.15) is 5.76 Å². The molecule has 328 valence electrons. The van der Waals surface area contributed by atoms with E-state index in [1.165, 1.54) is 12.1 Å². The number of ketones is 1. The first-order valence-corrected chi connectivity index (χ1v) is 21.8. The zero-order chi connectivity index (χ0) is 44.1. The van der Waals surface area contributed by atoms with Gasteiger partial charge < -0.3 is 24.5 Å². The Labute approximate surface area is 366 Å². The van der Waals surface area contributed by atoms with Crippen molar-refractivity contribution in [1.29, 1.82) is 0 Å². The Morgan fingerprint density at radius 2 is 1.68 bits per heavy atom. The minimum absolute atomic E-state index is 0.0109. The van der Waals surface area contributed by atoms with E-state index in [9.17, 15) is 33.3 Å². The Morgan fingerprint density at radius 3 is 2.40 bits per heavy atom. The largest absolute Gasteiger partial charge is 0.453 e. The summed E-state index contributed by atoms with van der Waals surface area (Å²) in [7, 11) is 0. The summed E-state index contributed by atoms with van der Waals surface area (Å²) < 4.78 is 53.0. The van der Waals surface area contributed by atoms with E-state index < -0.39 is 40.7 Å². The molecule has 0 radical (unpaired) electrons. The van der Waals surface area contributed by atoms with Crippen molar-refractivity contribution in [2.75, 3.05) is 19.7 Å². The van der Waals surface area contributed by atoms with E-state index in [1.807, 2.05) is 72.8 Å². The number of nitrogens with zero attached hydrogens (tertiary/aromatic N) is 1. The molecule has 7 nitrogen and oxygen atoms in total. The smallest absolute Gasteiger partial charge is 0.416 e. The number of benzene rings is 4. The molecule has 0 saturated heterocycles. The average molecular weight is 870 g/mol. The number of aliphatic hydroxyl groups is 3. The van der Waals surface area contributed by atoms with Gasteiger partial charge in [-0.2, -0.15) is 13.2 Å². The number of allylic oxidation sites excluding steroid dienone is 2. The summed E-state index contributed by atoms with van der Waals surface area (Å²) in [6, 6.07) is 31.3. The number of rotatable bonds is 13. The minimum atomic E-state index is -4.61. The number of hydrogen-bond donors (Lipinski definition) is 3. The Kier molecular flexibility index (Phi) is 14.3. The highest BCUT2D eigenvalue weighted by atomic mass is 35.5. The number of halogens is 4. The maximum Gasteiger partial charge on any atom is 0.416 e. The second kappa shape index (κ2) is 19.5. The van der Waals surface area contributed by atoms with Crippen LogP contribution in [0.1, 0.15) is 102 Å². The van der Waals surface area contributed by atoms with Gasteiger partial charge in [-0.05, 0) is 116 Å². The van der Waals surface area contributed by atoms with E-state index in [2.05, 4.69) is 24.8 Å². The van der Waals surface area contributed by atoms with Gasteiger partial charge in [-0.3, -0.25) is 9.69 Å². The molecule has 5 atom stereocenters. The molecule has 5 aromatic rings. The number of furan rings is 1. The summed E-state index contributed by atoms with van der Waals surface area (Å²) in [5, 5.41) is 35.6. The van der Waals surface area contributed by atoms with Gasteiger partial charge in [0, 0.05) is 36.2 Å². The zero-order valence-electron chi connectivity index (χ0n) is 35.2. The molecule has 0 unspecified atom stereocenters. The Hall–Kier alpha value is -4.55. The Balaban J connectivity index is 1.23. The van der Waals surface area contributed by atoms with Crippen LogP contribution in [0.15, 0.2) is 125 Å². The molecule has 1 aromatic heterocycles. The molecule has 0 spiro atoms. The van der Waals surface area contributed by atoms with Crippen LogP contribution in [0.5, 0.6) is 0 Å². The molecule has 8 rings (SSSR count). The van der Waals surface area contributed by atoms with Crippen LogP contribution in [-0.4, -0.2) is 63.5 Å². The third-order valence-corrected chi connectivity index (χ3v) is 13.3. The van der Waals surface area contributed by atoms with Crippen molar-refractivity contribution in [2.45, 2.75) is 102 Å². The second-order valence-corrected chi connectivity index (χ2v) is 17.9. The number of aliphatic hydroxyl groups excluding tert-OH is 2. The van der Waals surface area contributed by atoms with Gasteiger partial charge in [0.15, 0.2) is 5.76 Å². The molecule has 4 aromatic carbocycles. The standard InChI is InChI=1S/C51H55ClF3NO6/c1-34-10-9-24-49(2)44(23-25-50(49,60)33-56(29-35-11-5-3-6-12-35)30-40(58)32-61-31-36-13-7-4-8-14-36)41-19-16-37(26-39(57)18-15-34)27-42(41)48(59)47-22-21-46(62-47)43-28-38(51(53,54)55)17-20-45(43)52/h3-8,10-14,16-17,19-22,27-28,39-40,44,57-58,60H,9,15,18,23-26,29-33H2,1-2H3/t39-,40+,44-,49-,50+/m0/s1. The Morgan fingerprint density at radius 1 is 0.952 bits per heavy atom. The van der Waals surface area contributed by atoms with Crippen LogP contribution in [0.25, 0.3) is 11.3 Å². The van der Waals surface area contributed by atoms with Crippen LogP contribution in [-0.2, 0) is 30.5 Å². The number of alkyl halides is 3. The van der Waals surface area contributed by atoms with Gasteiger partial charge in [-0.25, -0.2) is 0 Å². The third-order valence-electron chi connectivity index (χ3n) is 12.9. The summed E-state index contributed by atoms with van der Waals surface area (Å²) in [4.78, 5) is 16.8. The number of carbonyl (C=O) groups excluding carboxylic acids is 1. The first kappa shape index (κ1) is 45.5. The molecule has 0 amide bonds. The fraction of sp³-hybridized carbons (Fsp3) is 0.392. The van der Waals surface area contributed by atoms with Gasteiger partial charge in [0.05, 0.1) is 41.6 Å². The second-order valence-electron chi connectivity index (χ2n) is 17.4. The van der Waals surface area contributed by atoms with Crippen LogP contribution < -0.4 is 0 Å². The summed E-state index contributed by atoms with van der Waals surface area (Å²) in [6.07, 6.45) is -0.131. The van der Waals surface area contributed by atoms with Gasteiger partial charge in [-0.1, -0.05) is 103 Å². The molecule has 1 saturated carbocycles. The highest BCUT2D eigenvalue weighted by Gasteiger charge is 2.57. The monoisotopic (exact) mass is 869 g/mol. The third kappa shape index (κ3) is 10.6. The normalized spacial score (nSPS) is 22.6. The SMILES string of the molecule is CC1=CCC[C@@]2(C)[C@@H](CC[C@@]2(O)CN(Cc2ccccc2)C[C@@H](O)COCc2ccccc2)c2ccc(cc2C(=O)c2ccc(-c3cc(C(F)(F)F)ccc3Cl)o2)C[C@@H](O)CC1. The lowest BCUT2D eigenvalue weighted by atomic mass is 9.64. The quantitative estimate of drug-likeness (QED) is 0.0800. The van der Waals surface area contributed by atoms with E-state index in [0.717, 1.165) is 46.0 Å². The lowest BCUT2D eigenvalue weighted by Gasteiger charge is -2.46. The van der Waals surface area contributed by atoms with Gasteiger partial charge in [-0.15, -0.1) is 0 Å². The summed E-state index contributed by atoms with van der Waals surface area (Å²) in [6.45, 7) is 5.64. The van der Waals surface area contributed by atoms with E-state index in [4.69, 9.17) is 20.8 Å². The predicted molar refractivity (Wildman–Crippen MR) is 235 cm³/mol. The maximum absolute atomic E-state index is 14.7. The summed E-state index contributed by atoms with van der Waals surface area (Å²) in [5.74, 6) is -0.810. The molecular weight excluding hydrogens is 815 g/mol. The molecule has 0 aliphatic heterocycles. The summed E-state index contributed by atoms with van der Waals surface area (Å²) in [5.41, 5.74) is 2.11. The molecule has 3 aliphatic carbocycles. The van der Waals surface area contributed by atoms with E-state index >= 15 is 0 Å². The highest BCUT2D eigenvalue weighted by molar-refractivity contribution is 6.33. The van der Waals surface area contributed by atoms with Crippen LogP contribution >= 0.6 is 11.6 Å². The van der Waals surface area contributed by atoms with Crippen molar-refractivity contribution in [3.8, 4) is 11.3 Å². The van der Waals surface area contributed by atoms with E-state index in [1.54, 1.807) is 6.07 Å². The van der Waals surface area contributed by atoms with Crippen molar-refractivity contribution < 1.29 is 42.4 Å². The van der Waals surface area contributed by atoms with Crippen molar-refractivity contribution in [3.63, 3.8) is 0 Å². The van der Waals surface area contributed by atoms with Crippen molar-refractivity contribution in [3.05, 3.63) is 165 Å². The maximum atomic E-state index is 14.7. The average Bonchev–Trinajstić information content (AvgIpc) is 3.82. The van der Waals surface area contributed by atoms with E-state index in [0.29, 0.717) is 63.7 Å². The lowest BCUT2D eigenvalue weighted by Crippen LogP contribution is -2.53. The molecule has 3 N–H and O–H groups in total. The van der Waals surface area contributed by atoms with Crippen LogP contribution in [0.3, 0.4) is 0 Å². The van der Waals surface area contributed by atoms with Crippen molar-refractivity contribution in [1.82, 2.24) is 4.90 Å². The zero-order valence-corrected chi connectivity index (χ0v) is 36.0. The number of carbonyl (C=O) groups is 1. The van der Waals surface area contributed by atoms with Crippen LogP contribution in [0.4, 0.5) is 13.2 Å². The van der Waals surface area contributed by atoms with Crippen molar-refractivity contribution in [2.24, 2.45) is 5.41 Å². The number of hydrogen-bond acceptors (Lipinski definition) is 7. The van der Waals surface area contributed by atoms with Gasteiger partial charge in [0.2, 0.25) is 5.78 Å². The lowest BCUT2D eigenvalue weighted by molar-refractivity contribution is -0.137. The fourth-order valence-electron chi connectivity index (χ4n) is 9.46. The molecule has 62 heavy (non-hydrogen) atoms. The highest BCUT2D eigenvalue weighted by Crippen LogP contribution is 2.59.